The summed E-state index contributed by atoms with van der Waals surface area (Å²) in [6, 6.07) is 22.7. The number of halogens is 1. The van der Waals surface area contributed by atoms with Gasteiger partial charge in [-0.05, 0) is 71.8 Å². The third kappa shape index (κ3) is 7.66. The molecule has 39 heavy (non-hydrogen) atoms. The van der Waals surface area contributed by atoms with Crippen LogP contribution in [-0.2, 0) is 9.59 Å². The Kier molecular flexibility index (Phi) is 9.26. The minimum atomic E-state index is -0.213. The summed E-state index contributed by atoms with van der Waals surface area (Å²) < 4.78 is 0. The zero-order chi connectivity index (χ0) is 26.2. The van der Waals surface area contributed by atoms with Gasteiger partial charge in [0.05, 0.1) is 13.1 Å². The minimum absolute atomic E-state index is 0. The van der Waals surface area contributed by atoms with Crippen molar-refractivity contribution in [3.8, 4) is 0 Å². The maximum absolute atomic E-state index is 12.3. The SMILES string of the molecule is Cl.O=C(/C=C/c1ccc(/C=C/C(=O)Nc2ccc(C3=NCCN3)cc2)cc1)Nc1ccc(C2=NCCN2)cc1. The van der Waals surface area contributed by atoms with E-state index >= 15 is 0 Å². The van der Waals surface area contributed by atoms with E-state index in [0.717, 1.165) is 71.5 Å². The molecule has 8 nitrogen and oxygen atoms in total. The molecule has 198 valence electrons. The topological polar surface area (TPSA) is 107 Å². The van der Waals surface area contributed by atoms with Crippen LogP contribution in [0.2, 0.25) is 0 Å². The number of carbonyl (C=O) groups excluding carboxylic acids is 2. The van der Waals surface area contributed by atoms with Crippen molar-refractivity contribution < 1.29 is 9.59 Å². The van der Waals surface area contributed by atoms with Crippen molar-refractivity contribution in [1.82, 2.24) is 10.6 Å². The summed E-state index contributed by atoms with van der Waals surface area (Å²) in [6.45, 7) is 3.29. The number of hydrogen-bond acceptors (Lipinski definition) is 6. The number of amides is 2. The number of benzene rings is 3. The van der Waals surface area contributed by atoms with E-state index in [1.165, 1.54) is 12.2 Å². The number of carbonyl (C=O) groups is 2. The van der Waals surface area contributed by atoms with Gasteiger partial charge in [0, 0.05) is 47.7 Å². The van der Waals surface area contributed by atoms with Gasteiger partial charge in [-0.15, -0.1) is 12.4 Å². The number of amidine groups is 2. The number of anilines is 2. The maximum Gasteiger partial charge on any atom is 0.248 e. The highest BCUT2D eigenvalue weighted by Gasteiger charge is 2.09. The van der Waals surface area contributed by atoms with Gasteiger partial charge in [-0.3, -0.25) is 19.6 Å². The van der Waals surface area contributed by atoms with Gasteiger partial charge in [0.25, 0.3) is 0 Å². The number of nitrogens with zero attached hydrogens (tertiary/aromatic N) is 2. The second kappa shape index (κ2) is 13.2. The fraction of sp³-hybridized carbons (Fsp3) is 0.133. The number of hydrogen-bond donors (Lipinski definition) is 4. The van der Waals surface area contributed by atoms with Crippen LogP contribution >= 0.6 is 12.4 Å². The van der Waals surface area contributed by atoms with E-state index in [9.17, 15) is 9.59 Å². The van der Waals surface area contributed by atoms with E-state index < -0.39 is 0 Å². The molecule has 2 heterocycles. The van der Waals surface area contributed by atoms with Crippen LogP contribution in [0.5, 0.6) is 0 Å². The molecule has 0 aliphatic carbocycles. The van der Waals surface area contributed by atoms with Gasteiger partial charge >= 0.3 is 0 Å². The molecule has 3 aromatic rings. The molecular formula is C30H29ClN6O2. The summed E-state index contributed by atoms with van der Waals surface area (Å²) in [5.74, 6) is 1.35. The van der Waals surface area contributed by atoms with Crippen LogP contribution in [-0.4, -0.2) is 49.7 Å². The molecule has 0 bridgehead atoms. The Morgan fingerprint density at radius 1 is 0.615 bits per heavy atom. The van der Waals surface area contributed by atoms with Crippen LogP contribution in [0, 0.1) is 0 Å². The summed E-state index contributed by atoms with van der Waals surface area (Å²) in [4.78, 5) is 33.4. The monoisotopic (exact) mass is 540 g/mol. The number of nitrogens with one attached hydrogen (secondary N) is 4. The molecule has 0 fully saturated rings. The fourth-order valence-electron chi connectivity index (χ4n) is 4.04. The van der Waals surface area contributed by atoms with Crippen molar-refractivity contribution in [3.05, 3.63) is 107 Å². The molecule has 9 heteroatoms. The van der Waals surface area contributed by atoms with Crippen molar-refractivity contribution >= 4 is 59.4 Å². The lowest BCUT2D eigenvalue weighted by Gasteiger charge is -2.05. The van der Waals surface area contributed by atoms with Gasteiger partial charge < -0.3 is 21.3 Å². The molecule has 2 aliphatic heterocycles. The second-order valence-electron chi connectivity index (χ2n) is 8.78. The third-order valence-electron chi connectivity index (χ3n) is 5.99. The van der Waals surface area contributed by atoms with Crippen molar-refractivity contribution in [3.63, 3.8) is 0 Å². The molecule has 0 aromatic heterocycles. The van der Waals surface area contributed by atoms with Crippen LogP contribution in [0.15, 0.2) is 94.9 Å². The van der Waals surface area contributed by atoms with E-state index in [2.05, 4.69) is 31.3 Å². The quantitative estimate of drug-likeness (QED) is 0.322. The lowest BCUT2D eigenvalue weighted by Crippen LogP contribution is -2.19. The van der Waals surface area contributed by atoms with Crippen LogP contribution in [0.3, 0.4) is 0 Å². The summed E-state index contributed by atoms with van der Waals surface area (Å²) in [6.07, 6.45) is 6.49. The van der Waals surface area contributed by atoms with Crippen molar-refractivity contribution in [2.45, 2.75) is 0 Å². The van der Waals surface area contributed by atoms with Gasteiger partial charge in [-0.2, -0.15) is 0 Å². The summed E-state index contributed by atoms with van der Waals surface area (Å²) in [5.41, 5.74) is 5.20. The van der Waals surface area contributed by atoms with Gasteiger partial charge in [-0.25, -0.2) is 0 Å². The molecule has 5 rings (SSSR count). The number of rotatable bonds is 8. The van der Waals surface area contributed by atoms with Gasteiger partial charge in [0.1, 0.15) is 11.7 Å². The maximum atomic E-state index is 12.3. The Balaban J connectivity index is 0.00000353. The van der Waals surface area contributed by atoms with Crippen molar-refractivity contribution in [2.75, 3.05) is 36.8 Å². The Morgan fingerprint density at radius 3 is 1.33 bits per heavy atom. The lowest BCUT2D eigenvalue weighted by atomic mass is 10.1. The van der Waals surface area contributed by atoms with E-state index in [1.54, 1.807) is 12.2 Å². The molecule has 0 spiro atoms. The third-order valence-corrected chi connectivity index (χ3v) is 5.99. The van der Waals surface area contributed by atoms with E-state index in [4.69, 9.17) is 0 Å². The first kappa shape index (κ1) is 27.3. The molecule has 2 amide bonds. The summed E-state index contributed by atoms with van der Waals surface area (Å²) in [7, 11) is 0. The van der Waals surface area contributed by atoms with Crippen LogP contribution in [0.25, 0.3) is 12.2 Å². The predicted molar refractivity (Wildman–Crippen MR) is 161 cm³/mol. The largest absolute Gasteiger partial charge is 0.368 e. The fourth-order valence-corrected chi connectivity index (χ4v) is 4.04. The average molecular weight is 541 g/mol. The molecule has 2 aliphatic rings. The first-order valence-corrected chi connectivity index (χ1v) is 12.5. The highest BCUT2D eigenvalue weighted by molar-refractivity contribution is 6.04. The van der Waals surface area contributed by atoms with Crippen LogP contribution in [0.1, 0.15) is 22.3 Å². The molecule has 3 aromatic carbocycles. The summed E-state index contributed by atoms with van der Waals surface area (Å²) in [5, 5.41) is 12.2. The Labute approximate surface area is 233 Å². The zero-order valence-corrected chi connectivity index (χ0v) is 22.0. The highest BCUT2D eigenvalue weighted by Crippen LogP contribution is 2.14. The smallest absolute Gasteiger partial charge is 0.248 e. The highest BCUT2D eigenvalue weighted by atomic mass is 35.5. The van der Waals surface area contributed by atoms with Crippen LogP contribution < -0.4 is 21.3 Å². The van der Waals surface area contributed by atoms with Crippen molar-refractivity contribution in [1.29, 1.82) is 0 Å². The Bertz CT molecular complexity index is 1320. The van der Waals surface area contributed by atoms with Gasteiger partial charge in [0.2, 0.25) is 11.8 Å². The molecule has 0 atom stereocenters. The van der Waals surface area contributed by atoms with Crippen LogP contribution in [0.4, 0.5) is 11.4 Å². The van der Waals surface area contributed by atoms with Gasteiger partial charge in [0.15, 0.2) is 0 Å². The first-order chi connectivity index (χ1) is 18.6. The summed E-state index contributed by atoms with van der Waals surface area (Å²) >= 11 is 0. The number of aliphatic imine (C=N–C) groups is 2. The van der Waals surface area contributed by atoms with E-state index in [-0.39, 0.29) is 24.2 Å². The molecular weight excluding hydrogens is 512 g/mol. The second-order valence-corrected chi connectivity index (χ2v) is 8.78. The minimum Gasteiger partial charge on any atom is -0.368 e. The molecule has 0 saturated carbocycles. The molecule has 0 radical (unpaired) electrons. The van der Waals surface area contributed by atoms with Gasteiger partial charge in [-0.1, -0.05) is 24.3 Å². The van der Waals surface area contributed by atoms with Crippen molar-refractivity contribution in [2.24, 2.45) is 9.98 Å². The van der Waals surface area contributed by atoms with E-state index in [0.29, 0.717) is 0 Å². The normalized spacial score (nSPS) is 14.3. The molecule has 0 unspecified atom stereocenters. The first-order valence-electron chi connectivity index (χ1n) is 12.5. The molecule has 4 N–H and O–H groups in total. The molecule has 0 saturated heterocycles. The zero-order valence-electron chi connectivity index (χ0n) is 21.2. The standard InChI is InChI=1S/C30H28N6O2.ClH/c37-27(35-25-11-7-23(8-12-25)29-31-17-18-32-29)15-5-21-1-2-22(4-3-21)6-16-28(38)36-26-13-9-24(10-14-26)30-33-19-20-34-30;/h1-16H,17-20H2,(H,31,32)(H,33,34)(H,35,37)(H,36,38);1H/b15-5+,16-6+;. The average Bonchev–Trinajstić information content (AvgIpc) is 3.68. The lowest BCUT2D eigenvalue weighted by molar-refractivity contribution is -0.112. The Morgan fingerprint density at radius 2 is 1.00 bits per heavy atom. The predicted octanol–water partition coefficient (Wildman–Crippen LogP) is 4.11. The Hall–Kier alpha value is -4.69. The van der Waals surface area contributed by atoms with E-state index in [1.807, 2.05) is 72.8 Å².